The van der Waals surface area contributed by atoms with E-state index in [0.717, 1.165) is 22.2 Å². The predicted molar refractivity (Wildman–Crippen MR) is 107 cm³/mol. The second kappa shape index (κ2) is 7.23. The third-order valence-corrected chi connectivity index (χ3v) is 4.70. The van der Waals surface area contributed by atoms with Crippen LogP contribution < -0.4 is 15.6 Å². The van der Waals surface area contributed by atoms with Crippen LogP contribution in [0.2, 0.25) is 0 Å². The molecule has 6 nitrogen and oxygen atoms in total. The number of ether oxygens (including phenoxy) is 1. The first kappa shape index (κ1) is 18.6. The quantitative estimate of drug-likeness (QED) is 0.767. The van der Waals surface area contributed by atoms with Crippen molar-refractivity contribution >= 4 is 22.6 Å². The highest BCUT2D eigenvalue weighted by atomic mass is 16.5. The zero-order chi connectivity index (χ0) is 19.7. The van der Waals surface area contributed by atoms with Gasteiger partial charge in [-0.05, 0) is 68.7 Å². The van der Waals surface area contributed by atoms with E-state index in [1.54, 1.807) is 16.7 Å². The van der Waals surface area contributed by atoms with Gasteiger partial charge in [-0.2, -0.15) is 0 Å². The highest BCUT2D eigenvalue weighted by Crippen LogP contribution is 2.25. The molecule has 1 aromatic heterocycles. The van der Waals surface area contributed by atoms with E-state index in [1.807, 2.05) is 45.9 Å². The van der Waals surface area contributed by atoms with E-state index in [2.05, 4.69) is 10.3 Å². The number of nitrogens with one attached hydrogen (secondary N) is 1. The Balaban J connectivity index is 2.13. The number of anilines is 1. The summed E-state index contributed by atoms with van der Waals surface area (Å²) in [5, 5.41) is 2.76. The van der Waals surface area contributed by atoms with Crippen molar-refractivity contribution in [1.82, 2.24) is 9.55 Å². The summed E-state index contributed by atoms with van der Waals surface area (Å²) in [7, 11) is 1.53. The summed E-state index contributed by atoms with van der Waals surface area (Å²) in [6, 6.07) is 9.30. The Labute approximate surface area is 157 Å². The Morgan fingerprint density at radius 2 is 1.85 bits per heavy atom. The van der Waals surface area contributed by atoms with Gasteiger partial charge in [-0.1, -0.05) is 6.07 Å². The van der Waals surface area contributed by atoms with E-state index in [4.69, 9.17) is 4.74 Å². The van der Waals surface area contributed by atoms with E-state index < -0.39 is 11.5 Å². The normalized spacial score (nSPS) is 10.9. The molecule has 0 saturated heterocycles. The molecule has 27 heavy (non-hydrogen) atoms. The molecule has 1 amide bonds. The van der Waals surface area contributed by atoms with Crippen molar-refractivity contribution in [2.45, 2.75) is 34.2 Å². The van der Waals surface area contributed by atoms with Gasteiger partial charge in [0, 0.05) is 6.54 Å². The summed E-state index contributed by atoms with van der Waals surface area (Å²) in [6.45, 7) is 8.22. The van der Waals surface area contributed by atoms with Crippen LogP contribution in [0.1, 0.15) is 34.1 Å². The third-order valence-electron chi connectivity index (χ3n) is 4.70. The lowest BCUT2D eigenvalue weighted by atomic mass is 10.1. The summed E-state index contributed by atoms with van der Waals surface area (Å²) in [5.41, 5.74) is 4.43. The topological polar surface area (TPSA) is 73.2 Å². The van der Waals surface area contributed by atoms with Crippen LogP contribution in [0, 0.1) is 20.8 Å². The molecular formula is C21H23N3O3. The highest BCUT2D eigenvalue weighted by molar-refractivity contribution is 6.04. The van der Waals surface area contributed by atoms with Crippen molar-refractivity contribution < 1.29 is 9.53 Å². The molecule has 0 fully saturated rings. The monoisotopic (exact) mass is 365 g/mol. The van der Waals surface area contributed by atoms with Gasteiger partial charge in [0.25, 0.3) is 11.5 Å². The number of hydrogen-bond donors (Lipinski definition) is 1. The molecule has 2 aromatic carbocycles. The van der Waals surface area contributed by atoms with Crippen LogP contribution in [0.25, 0.3) is 11.0 Å². The number of aryl methyl sites for hydroxylation is 4. The molecule has 3 aromatic rings. The fraction of sp³-hybridized carbons (Fsp3) is 0.286. The fourth-order valence-corrected chi connectivity index (χ4v) is 3.06. The molecular weight excluding hydrogens is 342 g/mol. The Morgan fingerprint density at radius 1 is 1.15 bits per heavy atom. The molecule has 1 N–H and O–H groups in total. The Morgan fingerprint density at radius 3 is 2.52 bits per heavy atom. The second-order valence-corrected chi connectivity index (χ2v) is 6.59. The van der Waals surface area contributed by atoms with Gasteiger partial charge < -0.3 is 14.6 Å². The third kappa shape index (κ3) is 3.43. The minimum atomic E-state index is -0.550. The molecule has 0 bridgehead atoms. The SMILES string of the molecule is CCn1c(=O)c(C(=O)Nc2cc(C)ccc2OC)nc2cc(C)c(C)cc21. The maximum atomic E-state index is 12.9. The van der Waals surface area contributed by atoms with Gasteiger partial charge in [0.1, 0.15) is 5.75 Å². The molecule has 0 aliphatic carbocycles. The maximum Gasteiger partial charge on any atom is 0.282 e. The molecule has 0 aliphatic rings. The van der Waals surface area contributed by atoms with Crippen molar-refractivity contribution in [3.8, 4) is 5.75 Å². The molecule has 1 heterocycles. The Kier molecular flexibility index (Phi) is 4.99. The molecule has 140 valence electrons. The lowest BCUT2D eigenvalue weighted by molar-refractivity contribution is 0.102. The smallest absolute Gasteiger partial charge is 0.282 e. The van der Waals surface area contributed by atoms with Crippen LogP contribution in [-0.4, -0.2) is 22.6 Å². The summed E-state index contributed by atoms with van der Waals surface area (Å²) in [4.78, 5) is 30.1. The molecule has 0 atom stereocenters. The summed E-state index contributed by atoms with van der Waals surface area (Å²) >= 11 is 0. The largest absolute Gasteiger partial charge is 0.495 e. The number of nitrogens with zero attached hydrogens (tertiary/aromatic N) is 2. The zero-order valence-corrected chi connectivity index (χ0v) is 16.2. The first-order chi connectivity index (χ1) is 12.8. The van der Waals surface area contributed by atoms with Crippen LogP contribution in [-0.2, 0) is 6.54 Å². The molecule has 3 rings (SSSR count). The van der Waals surface area contributed by atoms with Crippen molar-refractivity contribution in [3.05, 3.63) is 63.1 Å². The lowest BCUT2D eigenvalue weighted by Gasteiger charge is -2.14. The summed E-state index contributed by atoms with van der Waals surface area (Å²) < 4.78 is 6.87. The molecule has 0 spiro atoms. The first-order valence-electron chi connectivity index (χ1n) is 8.83. The zero-order valence-electron chi connectivity index (χ0n) is 16.2. The van der Waals surface area contributed by atoms with Gasteiger partial charge in [0.2, 0.25) is 0 Å². The Bertz CT molecular complexity index is 1100. The second-order valence-electron chi connectivity index (χ2n) is 6.59. The van der Waals surface area contributed by atoms with E-state index >= 15 is 0 Å². The van der Waals surface area contributed by atoms with Crippen LogP contribution in [0.5, 0.6) is 5.75 Å². The number of amides is 1. The van der Waals surface area contributed by atoms with Crippen LogP contribution in [0.3, 0.4) is 0 Å². The molecule has 0 unspecified atom stereocenters. The van der Waals surface area contributed by atoms with Gasteiger partial charge in [-0.3, -0.25) is 9.59 Å². The van der Waals surface area contributed by atoms with E-state index in [-0.39, 0.29) is 5.69 Å². The van der Waals surface area contributed by atoms with Gasteiger partial charge in [-0.25, -0.2) is 4.98 Å². The van der Waals surface area contributed by atoms with Gasteiger partial charge in [0.05, 0.1) is 23.8 Å². The van der Waals surface area contributed by atoms with E-state index in [0.29, 0.717) is 23.5 Å². The average Bonchev–Trinajstić information content (AvgIpc) is 2.63. The van der Waals surface area contributed by atoms with E-state index in [9.17, 15) is 9.59 Å². The Hall–Kier alpha value is -3.15. The van der Waals surface area contributed by atoms with Gasteiger partial charge >= 0.3 is 0 Å². The van der Waals surface area contributed by atoms with Crippen molar-refractivity contribution in [1.29, 1.82) is 0 Å². The number of carbonyl (C=O) groups is 1. The fourth-order valence-electron chi connectivity index (χ4n) is 3.06. The highest BCUT2D eigenvalue weighted by Gasteiger charge is 2.19. The van der Waals surface area contributed by atoms with Crippen LogP contribution >= 0.6 is 0 Å². The number of hydrogen-bond acceptors (Lipinski definition) is 4. The summed E-state index contributed by atoms with van der Waals surface area (Å²) in [6.07, 6.45) is 0. The van der Waals surface area contributed by atoms with Crippen molar-refractivity contribution in [2.24, 2.45) is 0 Å². The van der Waals surface area contributed by atoms with Crippen molar-refractivity contribution in [2.75, 3.05) is 12.4 Å². The number of fused-ring (bicyclic) bond motifs is 1. The lowest BCUT2D eigenvalue weighted by Crippen LogP contribution is -2.31. The number of methoxy groups -OCH3 is 1. The number of benzene rings is 2. The van der Waals surface area contributed by atoms with E-state index in [1.165, 1.54) is 7.11 Å². The van der Waals surface area contributed by atoms with Crippen LogP contribution in [0.15, 0.2) is 35.1 Å². The molecule has 0 saturated carbocycles. The van der Waals surface area contributed by atoms with Crippen LogP contribution in [0.4, 0.5) is 5.69 Å². The predicted octanol–water partition coefficient (Wildman–Crippen LogP) is 3.60. The number of aromatic nitrogens is 2. The van der Waals surface area contributed by atoms with Gasteiger partial charge in [-0.15, -0.1) is 0 Å². The van der Waals surface area contributed by atoms with Crippen molar-refractivity contribution in [3.63, 3.8) is 0 Å². The first-order valence-corrected chi connectivity index (χ1v) is 8.83. The number of rotatable bonds is 4. The molecule has 0 aliphatic heterocycles. The minimum Gasteiger partial charge on any atom is -0.495 e. The standard InChI is InChI=1S/C21H23N3O3/c1-6-24-17-11-14(4)13(3)10-15(17)22-19(21(24)26)20(25)23-16-9-12(2)7-8-18(16)27-5/h7-11H,6H2,1-5H3,(H,23,25). The average molecular weight is 365 g/mol. The molecule has 0 radical (unpaired) electrons. The maximum absolute atomic E-state index is 12.9. The minimum absolute atomic E-state index is 0.129. The summed E-state index contributed by atoms with van der Waals surface area (Å²) in [5.74, 6) is -0.0248. The number of carbonyl (C=O) groups excluding carboxylic acids is 1. The van der Waals surface area contributed by atoms with Gasteiger partial charge in [0.15, 0.2) is 5.69 Å². The molecule has 6 heteroatoms.